The molecule has 0 spiro atoms. The van der Waals surface area contributed by atoms with Gasteiger partial charge in [-0.2, -0.15) is 0 Å². The summed E-state index contributed by atoms with van der Waals surface area (Å²) in [6, 6.07) is 1.81. The summed E-state index contributed by atoms with van der Waals surface area (Å²) in [5.74, 6) is 0.299. The zero-order chi connectivity index (χ0) is 18.8. The summed E-state index contributed by atoms with van der Waals surface area (Å²) in [6.07, 6.45) is 5.42. The second-order valence-corrected chi connectivity index (χ2v) is 6.11. The first-order chi connectivity index (χ1) is 12.6. The van der Waals surface area contributed by atoms with Crippen molar-refractivity contribution in [3.05, 3.63) is 17.8 Å². The SMILES string of the molecule is CCCCCC(CN(O)C=O)C(=O)NNCc1cnc2c(c1)OCCO2. The molecule has 1 atom stereocenters. The van der Waals surface area contributed by atoms with Crippen molar-refractivity contribution in [2.75, 3.05) is 19.8 Å². The van der Waals surface area contributed by atoms with Crippen LogP contribution >= 0.6 is 0 Å². The molecule has 2 rings (SSSR count). The smallest absolute Gasteiger partial charge is 0.257 e. The number of carbonyl (C=O) groups excluding carboxylic acids is 2. The molecule has 0 aromatic carbocycles. The van der Waals surface area contributed by atoms with Gasteiger partial charge in [-0.1, -0.05) is 26.2 Å². The molecule has 0 bridgehead atoms. The molecule has 144 valence electrons. The van der Waals surface area contributed by atoms with Crippen LogP contribution in [0.25, 0.3) is 0 Å². The van der Waals surface area contributed by atoms with E-state index in [4.69, 9.17) is 9.47 Å². The fraction of sp³-hybridized carbons (Fsp3) is 0.588. The Hall–Kier alpha value is -2.39. The number of hydrogen-bond acceptors (Lipinski definition) is 7. The molecule has 1 unspecified atom stereocenters. The van der Waals surface area contributed by atoms with Gasteiger partial charge in [-0.05, 0) is 18.1 Å². The largest absolute Gasteiger partial charge is 0.484 e. The van der Waals surface area contributed by atoms with Crippen LogP contribution in [0.4, 0.5) is 0 Å². The summed E-state index contributed by atoms with van der Waals surface area (Å²) in [6.45, 7) is 3.35. The van der Waals surface area contributed by atoms with E-state index in [0.29, 0.717) is 49.3 Å². The Balaban J connectivity index is 1.83. The van der Waals surface area contributed by atoms with E-state index in [9.17, 15) is 14.8 Å². The molecule has 0 aliphatic carbocycles. The summed E-state index contributed by atoms with van der Waals surface area (Å²) in [5.41, 5.74) is 6.30. The molecule has 1 aliphatic heterocycles. The summed E-state index contributed by atoms with van der Waals surface area (Å²) >= 11 is 0. The highest BCUT2D eigenvalue weighted by Crippen LogP contribution is 2.27. The van der Waals surface area contributed by atoms with Gasteiger partial charge in [0.1, 0.15) is 13.2 Å². The second-order valence-electron chi connectivity index (χ2n) is 6.11. The maximum absolute atomic E-state index is 12.3. The third kappa shape index (κ3) is 6.16. The minimum absolute atomic E-state index is 0.0354. The van der Waals surface area contributed by atoms with Crippen molar-refractivity contribution in [1.82, 2.24) is 20.9 Å². The van der Waals surface area contributed by atoms with Crippen LogP contribution in [0.1, 0.15) is 38.2 Å². The van der Waals surface area contributed by atoms with Crippen LogP contribution in [0.3, 0.4) is 0 Å². The van der Waals surface area contributed by atoms with E-state index in [1.54, 1.807) is 12.3 Å². The van der Waals surface area contributed by atoms with Crippen LogP contribution < -0.4 is 20.3 Å². The van der Waals surface area contributed by atoms with E-state index >= 15 is 0 Å². The Bertz CT molecular complexity index is 599. The van der Waals surface area contributed by atoms with Crippen LogP contribution in [-0.4, -0.2) is 47.3 Å². The number of nitrogens with one attached hydrogen (secondary N) is 2. The van der Waals surface area contributed by atoms with E-state index in [2.05, 4.69) is 22.8 Å². The molecule has 3 N–H and O–H groups in total. The molecule has 1 aliphatic rings. The van der Waals surface area contributed by atoms with Gasteiger partial charge >= 0.3 is 0 Å². The molecule has 0 saturated carbocycles. The van der Waals surface area contributed by atoms with E-state index < -0.39 is 5.92 Å². The maximum atomic E-state index is 12.3. The third-order valence-electron chi connectivity index (χ3n) is 4.01. The van der Waals surface area contributed by atoms with Gasteiger partial charge in [0.25, 0.3) is 5.88 Å². The molecule has 26 heavy (non-hydrogen) atoms. The third-order valence-corrected chi connectivity index (χ3v) is 4.01. The van der Waals surface area contributed by atoms with Crippen molar-refractivity contribution in [3.8, 4) is 11.6 Å². The molecule has 0 saturated heterocycles. The number of fused-ring (bicyclic) bond motifs is 1. The average molecular weight is 366 g/mol. The fourth-order valence-electron chi connectivity index (χ4n) is 2.62. The van der Waals surface area contributed by atoms with Crippen molar-refractivity contribution < 1.29 is 24.3 Å². The number of hydrogen-bond donors (Lipinski definition) is 3. The Morgan fingerprint density at radius 2 is 2.23 bits per heavy atom. The fourth-order valence-corrected chi connectivity index (χ4v) is 2.62. The van der Waals surface area contributed by atoms with Crippen molar-refractivity contribution in [1.29, 1.82) is 0 Å². The molecule has 1 aromatic rings. The highest BCUT2D eigenvalue weighted by atomic mass is 16.6. The minimum atomic E-state index is -0.484. The topological polar surface area (TPSA) is 113 Å². The van der Waals surface area contributed by atoms with Crippen LogP contribution in [0, 0.1) is 5.92 Å². The average Bonchev–Trinajstić information content (AvgIpc) is 2.67. The van der Waals surface area contributed by atoms with E-state index in [0.717, 1.165) is 24.8 Å². The zero-order valence-electron chi connectivity index (χ0n) is 14.9. The van der Waals surface area contributed by atoms with Gasteiger partial charge in [0, 0.05) is 12.7 Å². The Labute approximate surface area is 152 Å². The Morgan fingerprint density at radius 1 is 1.42 bits per heavy atom. The van der Waals surface area contributed by atoms with E-state index in [1.165, 1.54) is 0 Å². The summed E-state index contributed by atoms with van der Waals surface area (Å²) in [4.78, 5) is 27.1. The van der Waals surface area contributed by atoms with Crippen LogP contribution in [0.5, 0.6) is 11.6 Å². The molecule has 9 nitrogen and oxygen atoms in total. The lowest BCUT2D eigenvalue weighted by atomic mass is 10.0. The molecule has 0 fully saturated rings. The predicted molar refractivity (Wildman–Crippen MR) is 92.4 cm³/mol. The molecular formula is C17H26N4O5. The van der Waals surface area contributed by atoms with Crippen molar-refractivity contribution in [2.24, 2.45) is 5.92 Å². The standard InChI is InChI=1S/C17H26N4O5/c1-2-3-4-5-14(11-21(24)12-22)16(23)20-19-10-13-8-15-17(18-9-13)26-7-6-25-15/h8-9,12,14,19,24H,2-7,10-11H2,1H3,(H,20,23). The molecule has 0 radical (unpaired) electrons. The normalized spacial score (nSPS) is 13.8. The number of carbonyl (C=O) groups is 2. The lowest BCUT2D eigenvalue weighted by Gasteiger charge is -2.20. The number of hydroxylamine groups is 2. The summed E-state index contributed by atoms with van der Waals surface area (Å²) in [5, 5.41) is 9.88. The van der Waals surface area contributed by atoms with Gasteiger partial charge in [-0.15, -0.1) is 0 Å². The van der Waals surface area contributed by atoms with Gasteiger partial charge in [0.05, 0.1) is 12.5 Å². The van der Waals surface area contributed by atoms with Gasteiger partial charge in [0.2, 0.25) is 12.3 Å². The van der Waals surface area contributed by atoms with Gasteiger partial charge in [0.15, 0.2) is 5.75 Å². The number of aromatic nitrogens is 1. The highest BCUT2D eigenvalue weighted by Gasteiger charge is 2.20. The van der Waals surface area contributed by atoms with Gasteiger partial charge in [-0.3, -0.25) is 20.2 Å². The van der Waals surface area contributed by atoms with E-state index in [-0.39, 0.29) is 12.5 Å². The van der Waals surface area contributed by atoms with Gasteiger partial charge < -0.3 is 9.47 Å². The number of nitrogens with zero attached hydrogens (tertiary/aromatic N) is 2. The molecular weight excluding hydrogens is 340 g/mol. The summed E-state index contributed by atoms with van der Waals surface area (Å²) < 4.78 is 10.8. The van der Waals surface area contributed by atoms with Crippen LogP contribution in [-0.2, 0) is 16.1 Å². The highest BCUT2D eigenvalue weighted by molar-refractivity contribution is 5.78. The molecule has 9 heteroatoms. The Morgan fingerprint density at radius 3 is 3.00 bits per heavy atom. The number of ether oxygens (including phenoxy) is 2. The first kappa shape index (κ1) is 19.9. The second kappa shape index (κ2) is 10.6. The number of unbranched alkanes of at least 4 members (excludes halogenated alkanes) is 2. The number of rotatable bonds is 11. The monoisotopic (exact) mass is 366 g/mol. The molecule has 2 amide bonds. The summed E-state index contributed by atoms with van der Waals surface area (Å²) in [7, 11) is 0. The van der Waals surface area contributed by atoms with Crippen LogP contribution in [0.2, 0.25) is 0 Å². The first-order valence-electron chi connectivity index (χ1n) is 8.82. The number of hydrazine groups is 1. The molecule has 2 heterocycles. The lowest BCUT2D eigenvalue weighted by molar-refractivity contribution is -0.154. The number of amides is 2. The van der Waals surface area contributed by atoms with Crippen LogP contribution in [0.15, 0.2) is 12.3 Å². The predicted octanol–water partition coefficient (Wildman–Crippen LogP) is 1.02. The van der Waals surface area contributed by atoms with Crippen molar-refractivity contribution in [3.63, 3.8) is 0 Å². The Kier molecular flexibility index (Phi) is 8.10. The lowest BCUT2D eigenvalue weighted by Crippen LogP contribution is -2.44. The maximum Gasteiger partial charge on any atom is 0.257 e. The molecule has 1 aromatic heterocycles. The van der Waals surface area contributed by atoms with E-state index in [1.807, 2.05) is 0 Å². The van der Waals surface area contributed by atoms with Crippen molar-refractivity contribution in [2.45, 2.75) is 39.2 Å². The number of pyridine rings is 1. The zero-order valence-corrected chi connectivity index (χ0v) is 14.9. The van der Waals surface area contributed by atoms with Crippen molar-refractivity contribution >= 4 is 12.3 Å². The first-order valence-corrected chi connectivity index (χ1v) is 8.82. The minimum Gasteiger partial charge on any atom is -0.484 e. The van der Waals surface area contributed by atoms with Gasteiger partial charge in [-0.25, -0.2) is 15.5 Å². The quantitative estimate of drug-likeness (QED) is 0.232.